The number of hydrogen-bond acceptors (Lipinski definition) is 2. The molecule has 0 saturated carbocycles. The molecule has 0 N–H and O–H groups in total. The van der Waals surface area contributed by atoms with Crippen LogP contribution in [-0.4, -0.2) is 48.1 Å². The predicted molar refractivity (Wildman–Crippen MR) is 69.6 cm³/mol. The predicted octanol–water partition coefficient (Wildman–Crippen LogP) is 2.45. The van der Waals surface area contributed by atoms with Crippen molar-refractivity contribution >= 4 is 0 Å². The Morgan fingerprint density at radius 1 is 1.06 bits per heavy atom. The Labute approximate surface area is 101 Å². The smallest absolute Gasteiger partial charge is 0.0227 e. The van der Waals surface area contributed by atoms with Crippen molar-refractivity contribution in [2.45, 2.75) is 53.1 Å². The summed E-state index contributed by atoms with van der Waals surface area (Å²) in [6.07, 6.45) is 1.41. The van der Waals surface area contributed by atoms with Crippen molar-refractivity contribution in [2.24, 2.45) is 11.3 Å². The van der Waals surface area contributed by atoms with Crippen molar-refractivity contribution in [3.8, 4) is 0 Å². The molecule has 2 heterocycles. The van der Waals surface area contributed by atoms with E-state index in [0.717, 1.165) is 18.0 Å². The molecule has 2 fully saturated rings. The van der Waals surface area contributed by atoms with Crippen molar-refractivity contribution in [3.63, 3.8) is 0 Å². The molecular formula is C14H28N2. The molecule has 0 aliphatic carbocycles. The van der Waals surface area contributed by atoms with Crippen LogP contribution in [-0.2, 0) is 0 Å². The molecule has 2 saturated heterocycles. The van der Waals surface area contributed by atoms with Crippen molar-refractivity contribution < 1.29 is 0 Å². The van der Waals surface area contributed by atoms with E-state index in [1.54, 1.807) is 0 Å². The van der Waals surface area contributed by atoms with Crippen LogP contribution in [0.15, 0.2) is 0 Å². The zero-order chi connectivity index (χ0) is 11.9. The van der Waals surface area contributed by atoms with Crippen molar-refractivity contribution in [3.05, 3.63) is 0 Å². The van der Waals surface area contributed by atoms with Crippen LogP contribution in [0.1, 0.15) is 41.0 Å². The van der Waals surface area contributed by atoms with Crippen LogP contribution in [0.25, 0.3) is 0 Å². The Morgan fingerprint density at radius 3 is 2.31 bits per heavy atom. The van der Waals surface area contributed by atoms with Crippen molar-refractivity contribution in [2.75, 3.05) is 26.2 Å². The van der Waals surface area contributed by atoms with Gasteiger partial charge in [0.15, 0.2) is 0 Å². The maximum Gasteiger partial charge on any atom is 0.0227 e. The minimum Gasteiger partial charge on any atom is -0.298 e. The average molecular weight is 224 g/mol. The highest BCUT2D eigenvalue weighted by atomic mass is 15.3. The van der Waals surface area contributed by atoms with Crippen LogP contribution in [0.4, 0.5) is 0 Å². The van der Waals surface area contributed by atoms with Gasteiger partial charge in [0, 0.05) is 38.3 Å². The standard InChI is InChI=1S/C14H28N2/c1-11(2)15-6-7-16-9-12(14(3,4)5)8-13(16)10-15/h11-13H,6-10H2,1-5H3. The molecule has 94 valence electrons. The lowest BCUT2D eigenvalue weighted by Crippen LogP contribution is -2.52. The molecule has 2 aliphatic heterocycles. The molecule has 0 aromatic rings. The van der Waals surface area contributed by atoms with Gasteiger partial charge in [-0.25, -0.2) is 0 Å². The highest BCUT2D eigenvalue weighted by Gasteiger charge is 2.40. The van der Waals surface area contributed by atoms with Crippen LogP contribution in [0, 0.1) is 11.3 Å². The Bertz CT molecular complexity index is 242. The van der Waals surface area contributed by atoms with Crippen LogP contribution in [0.3, 0.4) is 0 Å². The summed E-state index contributed by atoms with van der Waals surface area (Å²) in [7, 11) is 0. The summed E-state index contributed by atoms with van der Waals surface area (Å²) in [4.78, 5) is 5.38. The molecule has 0 aromatic carbocycles. The van der Waals surface area contributed by atoms with Gasteiger partial charge < -0.3 is 0 Å². The third kappa shape index (κ3) is 2.43. The van der Waals surface area contributed by atoms with E-state index in [-0.39, 0.29) is 0 Å². The molecule has 2 rings (SSSR count). The third-order valence-electron chi connectivity index (χ3n) is 4.60. The summed E-state index contributed by atoms with van der Waals surface area (Å²) in [6, 6.07) is 1.55. The largest absolute Gasteiger partial charge is 0.298 e. The summed E-state index contributed by atoms with van der Waals surface area (Å²) >= 11 is 0. The average Bonchev–Trinajstić information content (AvgIpc) is 2.58. The van der Waals surface area contributed by atoms with Gasteiger partial charge in [0.25, 0.3) is 0 Å². The minimum absolute atomic E-state index is 0.486. The maximum absolute atomic E-state index is 2.73. The molecule has 2 unspecified atom stereocenters. The van der Waals surface area contributed by atoms with Gasteiger partial charge in [-0.3, -0.25) is 9.80 Å². The normalized spacial score (nSPS) is 33.4. The fourth-order valence-electron chi connectivity index (χ4n) is 3.16. The van der Waals surface area contributed by atoms with E-state index in [0.29, 0.717) is 5.41 Å². The summed E-state index contributed by atoms with van der Waals surface area (Å²) in [6.45, 7) is 17.0. The quantitative estimate of drug-likeness (QED) is 0.675. The van der Waals surface area contributed by atoms with Crippen LogP contribution in [0.5, 0.6) is 0 Å². The molecule has 2 nitrogen and oxygen atoms in total. The minimum atomic E-state index is 0.486. The van der Waals surface area contributed by atoms with E-state index in [1.165, 1.54) is 32.6 Å². The number of nitrogens with zero attached hydrogens (tertiary/aromatic N) is 2. The summed E-state index contributed by atoms with van der Waals surface area (Å²) in [5.74, 6) is 0.893. The molecule has 16 heavy (non-hydrogen) atoms. The Kier molecular flexibility index (Phi) is 3.33. The highest BCUT2D eigenvalue weighted by molar-refractivity contribution is 4.95. The monoisotopic (exact) mass is 224 g/mol. The lowest BCUT2D eigenvalue weighted by molar-refractivity contribution is 0.0819. The first-order valence-corrected chi connectivity index (χ1v) is 6.86. The van der Waals surface area contributed by atoms with E-state index in [2.05, 4.69) is 44.4 Å². The molecule has 0 spiro atoms. The van der Waals surface area contributed by atoms with Gasteiger partial charge in [-0.2, -0.15) is 0 Å². The van der Waals surface area contributed by atoms with E-state index in [1.807, 2.05) is 0 Å². The molecule has 2 aliphatic rings. The van der Waals surface area contributed by atoms with Gasteiger partial charge in [-0.1, -0.05) is 20.8 Å². The van der Waals surface area contributed by atoms with Gasteiger partial charge in [0.2, 0.25) is 0 Å². The van der Waals surface area contributed by atoms with Gasteiger partial charge in [0.05, 0.1) is 0 Å². The van der Waals surface area contributed by atoms with Crippen molar-refractivity contribution in [1.82, 2.24) is 9.80 Å². The summed E-state index contributed by atoms with van der Waals surface area (Å²) in [5.41, 5.74) is 0.486. The van der Waals surface area contributed by atoms with Gasteiger partial charge in [-0.15, -0.1) is 0 Å². The molecule has 2 heteroatoms. The Morgan fingerprint density at radius 2 is 1.75 bits per heavy atom. The van der Waals surface area contributed by atoms with E-state index in [4.69, 9.17) is 0 Å². The first-order valence-electron chi connectivity index (χ1n) is 6.86. The van der Waals surface area contributed by atoms with E-state index < -0.39 is 0 Å². The SMILES string of the molecule is CC(C)N1CCN2CC(C(C)(C)C)CC2C1. The number of fused-ring (bicyclic) bond motifs is 1. The second-order valence-electron chi connectivity index (χ2n) is 7.04. The zero-order valence-electron chi connectivity index (χ0n) is 11.7. The van der Waals surface area contributed by atoms with Crippen LogP contribution in [0.2, 0.25) is 0 Å². The Balaban J connectivity index is 1.96. The molecule has 0 amide bonds. The number of hydrogen-bond donors (Lipinski definition) is 0. The second-order valence-corrected chi connectivity index (χ2v) is 7.04. The Hall–Kier alpha value is -0.0800. The zero-order valence-corrected chi connectivity index (χ0v) is 11.7. The van der Waals surface area contributed by atoms with Crippen molar-refractivity contribution in [1.29, 1.82) is 0 Å². The summed E-state index contributed by atoms with van der Waals surface area (Å²) in [5, 5.41) is 0. The molecule has 0 aromatic heterocycles. The molecule has 0 bridgehead atoms. The topological polar surface area (TPSA) is 6.48 Å². The summed E-state index contributed by atoms with van der Waals surface area (Å²) < 4.78 is 0. The highest BCUT2D eigenvalue weighted by Crippen LogP contribution is 2.38. The molecular weight excluding hydrogens is 196 g/mol. The fourth-order valence-corrected chi connectivity index (χ4v) is 3.16. The van der Waals surface area contributed by atoms with Gasteiger partial charge in [0.1, 0.15) is 0 Å². The number of piperazine rings is 1. The fraction of sp³-hybridized carbons (Fsp3) is 1.00. The first kappa shape index (κ1) is 12.4. The van der Waals surface area contributed by atoms with Gasteiger partial charge >= 0.3 is 0 Å². The van der Waals surface area contributed by atoms with Gasteiger partial charge in [-0.05, 0) is 31.6 Å². The lowest BCUT2D eigenvalue weighted by Gasteiger charge is -2.39. The number of rotatable bonds is 1. The van der Waals surface area contributed by atoms with Crippen LogP contribution >= 0.6 is 0 Å². The third-order valence-corrected chi connectivity index (χ3v) is 4.60. The lowest BCUT2D eigenvalue weighted by atomic mass is 9.79. The maximum atomic E-state index is 2.73. The van der Waals surface area contributed by atoms with Crippen LogP contribution < -0.4 is 0 Å². The first-order chi connectivity index (χ1) is 7.38. The van der Waals surface area contributed by atoms with E-state index >= 15 is 0 Å². The molecule has 2 atom stereocenters. The van der Waals surface area contributed by atoms with E-state index in [9.17, 15) is 0 Å². The second kappa shape index (κ2) is 4.30. The molecule has 0 radical (unpaired) electrons.